The van der Waals surface area contributed by atoms with E-state index >= 15 is 0 Å². The van der Waals surface area contributed by atoms with Gasteiger partial charge in [0.05, 0.1) is 21.0 Å². The van der Waals surface area contributed by atoms with Gasteiger partial charge < -0.3 is 4.90 Å². The molecule has 0 N–H and O–H groups in total. The molecule has 27 heavy (non-hydrogen) atoms. The van der Waals surface area contributed by atoms with Gasteiger partial charge in [-0.15, -0.1) is 11.3 Å². The largest absolute Gasteiger partial charge is 0.361 e. The van der Waals surface area contributed by atoms with Crippen molar-refractivity contribution in [1.82, 2.24) is 4.31 Å². The van der Waals surface area contributed by atoms with Gasteiger partial charge in [-0.05, 0) is 59.3 Å². The van der Waals surface area contributed by atoms with Crippen LogP contribution in [0.3, 0.4) is 0 Å². The molecule has 2 heterocycles. The summed E-state index contributed by atoms with van der Waals surface area (Å²) in [5.74, 6) is 0. The molecule has 0 radical (unpaired) electrons. The summed E-state index contributed by atoms with van der Waals surface area (Å²) >= 11 is 22.3. The number of hydrogen-bond donors (Lipinski definition) is 0. The van der Waals surface area contributed by atoms with Crippen molar-refractivity contribution in [2.75, 3.05) is 24.5 Å². The van der Waals surface area contributed by atoms with Crippen LogP contribution in [0.25, 0.3) is 0 Å². The first-order valence-electron chi connectivity index (χ1n) is 8.54. The Kier molecular flexibility index (Phi) is 6.22. The van der Waals surface area contributed by atoms with E-state index in [1.165, 1.54) is 9.77 Å². The average molecular weight is 456 g/mol. The molecule has 140 valence electrons. The SMILES string of the molecule is Clc1ccc(C2CN(Sc3cccs3)CCN2c2ccc(Cl)cc2Cl)cc1. The molecule has 1 saturated heterocycles. The van der Waals surface area contributed by atoms with Crippen molar-refractivity contribution in [3.63, 3.8) is 0 Å². The van der Waals surface area contributed by atoms with E-state index in [1.807, 2.05) is 42.3 Å². The molecule has 0 amide bonds. The van der Waals surface area contributed by atoms with Crippen LogP contribution in [0.4, 0.5) is 5.69 Å². The summed E-state index contributed by atoms with van der Waals surface area (Å²) in [4.78, 5) is 2.37. The van der Waals surface area contributed by atoms with Crippen LogP contribution in [-0.4, -0.2) is 23.9 Å². The quantitative estimate of drug-likeness (QED) is 0.382. The van der Waals surface area contributed by atoms with Crippen molar-refractivity contribution in [1.29, 1.82) is 0 Å². The van der Waals surface area contributed by atoms with Crippen molar-refractivity contribution in [3.8, 4) is 0 Å². The third kappa shape index (κ3) is 4.58. The predicted octanol–water partition coefficient (Wildman–Crippen LogP) is 7.28. The highest BCUT2D eigenvalue weighted by Crippen LogP contribution is 2.39. The normalized spacial score (nSPS) is 18.0. The number of anilines is 1. The number of rotatable bonds is 4. The Labute approximate surface area is 182 Å². The second-order valence-electron chi connectivity index (χ2n) is 6.27. The maximum atomic E-state index is 6.53. The molecule has 4 rings (SSSR count). The summed E-state index contributed by atoms with van der Waals surface area (Å²) in [6.07, 6.45) is 0. The minimum absolute atomic E-state index is 0.183. The van der Waals surface area contributed by atoms with Gasteiger partial charge in [0.15, 0.2) is 0 Å². The first-order valence-corrected chi connectivity index (χ1v) is 11.3. The lowest BCUT2D eigenvalue weighted by Gasteiger charge is -2.42. The molecule has 3 aromatic rings. The Hall–Kier alpha value is -0.880. The highest BCUT2D eigenvalue weighted by Gasteiger charge is 2.30. The predicted molar refractivity (Wildman–Crippen MR) is 120 cm³/mol. The zero-order chi connectivity index (χ0) is 18.8. The third-order valence-electron chi connectivity index (χ3n) is 4.53. The standard InChI is InChI=1S/C20H17Cl3N2S2/c21-15-5-3-14(4-6-15)19-13-24(27-20-2-1-11-26-20)9-10-25(19)18-8-7-16(22)12-17(18)23/h1-8,11-12,19H,9-10,13H2. The van der Waals surface area contributed by atoms with E-state index in [0.717, 1.165) is 30.3 Å². The zero-order valence-electron chi connectivity index (χ0n) is 14.3. The average Bonchev–Trinajstić information content (AvgIpc) is 3.16. The molecule has 2 nitrogen and oxygen atoms in total. The molecule has 1 unspecified atom stereocenters. The highest BCUT2D eigenvalue weighted by molar-refractivity contribution is 7.98. The summed E-state index contributed by atoms with van der Waals surface area (Å²) in [6, 6.07) is 18.2. The van der Waals surface area contributed by atoms with Gasteiger partial charge in [0, 0.05) is 29.7 Å². The van der Waals surface area contributed by atoms with E-state index in [9.17, 15) is 0 Å². The topological polar surface area (TPSA) is 6.48 Å². The minimum atomic E-state index is 0.183. The van der Waals surface area contributed by atoms with Crippen molar-refractivity contribution in [3.05, 3.63) is 80.6 Å². The summed E-state index contributed by atoms with van der Waals surface area (Å²) in [7, 11) is 0. The van der Waals surface area contributed by atoms with Crippen LogP contribution in [-0.2, 0) is 0 Å². The molecule has 0 bridgehead atoms. The summed E-state index contributed by atoms with van der Waals surface area (Å²) in [5.41, 5.74) is 2.24. The molecular formula is C20H17Cl3N2S2. The van der Waals surface area contributed by atoms with E-state index in [4.69, 9.17) is 34.8 Å². The van der Waals surface area contributed by atoms with Crippen molar-refractivity contribution >= 4 is 63.8 Å². The van der Waals surface area contributed by atoms with Crippen molar-refractivity contribution in [2.45, 2.75) is 10.3 Å². The van der Waals surface area contributed by atoms with Crippen LogP contribution >= 0.6 is 58.1 Å². The van der Waals surface area contributed by atoms with E-state index in [0.29, 0.717) is 10.0 Å². The van der Waals surface area contributed by atoms with Gasteiger partial charge in [-0.3, -0.25) is 0 Å². The van der Waals surface area contributed by atoms with Crippen LogP contribution in [0.5, 0.6) is 0 Å². The second-order valence-corrected chi connectivity index (χ2v) is 9.89. The lowest BCUT2D eigenvalue weighted by Crippen LogP contribution is -2.46. The molecule has 1 aliphatic heterocycles. The molecule has 7 heteroatoms. The first-order chi connectivity index (χ1) is 13.1. The Morgan fingerprint density at radius 2 is 1.70 bits per heavy atom. The maximum absolute atomic E-state index is 6.53. The van der Waals surface area contributed by atoms with E-state index in [1.54, 1.807) is 11.3 Å². The van der Waals surface area contributed by atoms with Gasteiger partial charge in [0.1, 0.15) is 0 Å². The summed E-state index contributed by atoms with van der Waals surface area (Å²) in [6.45, 7) is 2.72. The van der Waals surface area contributed by atoms with Crippen LogP contribution in [0.15, 0.2) is 64.2 Å². The highest BCUT2D eigenvalue weighted by atomic mass is 35.5. The Morgan fingerprint density at radius 1 is 0.926 bits per heavy atom. The van der Waals surface area contributed by atoms with Gasteiger partial charge in [-0.25, -0.2) is 4.31 Å². The zero-order valence-corrected chi connectivity index (χ0v) is 18.2. The first kappa shape index (κ1) is 19.4. The Morgan fingerprint density at radius 3 is 2.41 bits per heavy atom. The van der Waals surface area contributed by atoms with E-state index < -0.39 is 0 Å². The van der Waals surface area contributed by atoms with Gasteiger partial charge in [0.25, 0.3) is 0 Å². The molecule has 1 aliphatic rings. The lowest BCUT2D eigenvalue weighted by atomic mass is 10.0. The molecule has 1 aromatic heterocycles. The van der Waals surface area contributed by atoms with Crippen LogP contribution in [0.1, 0.15) is 11.6 Å². The number of benzene rings is 2. The van der Waals surface area contributed by atoms with Crippen LogP contribution in [0, 0.1) is 0 Å². The monoisotopic (exact) mass is 454 g/mol. The van der Waals surface area contributed by atoms with Gasteiger partial charge in [0.2, 0.25) is 0 Å². The number of halogens is 3. The molecule has 2 aromatic carbocycles. The molecular weight excluding hydrogens is 439 g/mol. The maximum Gasteiger partial charge on any atom is 0.0753 e. The number of nitrogens with zero attached hydrogens (tertiary/aromatic N) is 2. The fraction of sp³-hybridized carbons (Fsp3) is 0.200. The molecule has 1 fully saturated rings. The van der Waals surface area contributed by atoms with Crippen LogP contribution in [0.2, 0.25) is 15.1 Å². The summed E-state index contributed by atoms with van der Waals surface area (Å²) in [5, 5.41) is 4.19. The second kappa shape index (κ2) is 8.64. The lowest BCUT2D eigenvalue weighted by molar-refractivity contribution is 0.366. The third-order valence-corrected chi connectivity index (χ3v) is 7.40. The summed E-state index contributed by atoms with van der Waals surface area (Å²) < 4.78 is 3.73. The number of hydrogen-bond acceptors (Lipinski definition) is 4. The van der Waals surface area contributed by atoms with E-state index in [-0.39, 0.29) is 6.04 Å². The van der Waals surface area contributed by atoms with E-state index in [2.05, 4.69) is 38.9 Å². The fourth-order valence-corrected chi connectivity index (χ4v) is 5.79. The fourth-order valence-electron chi connectivity index (χ4n) is 3.26. The molecule has 0 saturated carbocycles. The molecule has 1 atom stereocenters. The van der Waals surface area contributed by atoms with Gasteiger partial charge in [-0.2, -0.15) is 0 Å². The van der Waals surface area contributed by atoms with Crippen molar-refractivity contribution < 1.29 is 0 Å². The Balaban J connectivity index is 1.64. The number of thiophene rings is 1. The van der Waals surface area contributed by atoms with Crippen LogP contribution < -0.4 is 4.90 Å². The molecule has 0 spiro atoms. The minimum Gasteiger partial charge on any atom is -0.361 e. The number of piperazine rings is 1. The molecule has 0 aliphatic carbocycles. The Bertz CT molecular complexity index is 900. The van der Waals surface area contributed by atoms with Gasteiger partial charge in [-0.1, -0.05) is 53.0 Å². The van der Waals surface area contributed by atoms with Crippen molar-refractivity contribution in [2.24, 2.45) is 0 Å². The van der Waals surface area contributed by atoms with Gasteiger partial charge >= 0.3 is 0 Å². The smallest absolute Gasteiger partial charge is 0.0753 e.